The van der Waals surface area contributed by atoms with Gasteiger partial charge in [-0.2, -0.15) is 5.26 Å². The normalized spacial score (nSPS) is 16.5. The molecule has 4 nitrogen and oxygen atoms in total. The highest BCUT2D eigenvalue weighted by molar-refractivity contribution is 5.79. The summed E-state index contributed by atoms with van der Waals surface area (Å²) in [5.74, 6) is -1.31. The second kappa shape index (κ2) is 7.31. The van der Waals surface area contributed by atoms with Gasteiger partial charge in [-0.25, -0.2) is 8.78 Å². The van der Waals surface area contributed by atoms with Gasteiger partial charge in [0, 0.05) is 25.2 Å². The molecule has 1 aliphatic rings. The van der Waals surface area contributed by atoms with Crippen molar-refractivity contribution in [1.82, 2.24) is 5.32 Å². The predicted molar refractivity (Wildman–Crippen MR) is 90.0 cm³/mol. The Morgan fingerprint density at radius 1 is 1.24 bits per heavy atom. The van der Waals surface area contributed by atoms with Gasteiger partial charge in [-0.15, -0.1) is 0 Å². The molecule has 1 unspecified atom stereocenters. The molecule has 128 valence electrons. The highest BCUT2D eigenvalue weighted by atomic mass is 19.1. The molecule has 1 atom stereocenters. The van der Waals surface area contributed by atoms with Crippen LogP contribution in [0.15, 0.2) is 42.5 Å². The van der Waals surface area contributed by atoms with E-state index in [1.807, 2.05) is 6.07 Å². The van der Waals surface area contributed by atoms with Gasteiger partial charge in [-0.3, -0.25) is 4.79 Å². The molecular weight excluding hydrogens is 324 g/mol. The Bertz CT molecular complexity index is 814. The first-order valence-corrected chi connectivity index (χ1v) is 8.03. The fourth-order valence-corrected chi connectivity index (χ4v) is 3.00. The van der Waals surface area contributed by atoms with E-state index in [0.29, 0.717) is 30.8 Å². The maximum Gasteiger partial charge on any atom is 0.224 e. The fraction of sp³-hybridized carbons (Fsp3) is 0.263. The summed E-state index contributed by atoms with van der Waals surface area (Å²) < 4.78 is 26.9. The average Bonchev–Trinajstić information content (AvgIpc) is 3.03. The van der Waals surface area contributed by atoms with Crippen molar-refractivity contribution in [1.29, 1.82) is 5.26 Å². The molecule has 0 radical (unpaired) electrons. The van der Waals surface area contributed by atoms with E-state index >= 15 is 0 Å². The van der Waals surface area contributed by atoms with E-state index in [1.165, 1.54) is 12.1 Å². The molecule has 25 heavy (non-hydrogen) atoms. The van der Waals surface area contributed by atoms with Crippen molar-refractivity contribution in [2.45, 2.75) is 18.9 Å². The Labute approximate surface area is 144 Å². The third-order valence-corrected chi connectivity index (χ3v) is 4.25. The van der Waals surface area contributed by atoms with Crippen LogP contribution in [0.3, 0.4) is 0 Å². The first kappa shape index (κ1) is 16.9. The lowest BCUT2D eigenvalue weighted by Crippen LogP contribution is -2.38. The number of anilines is 1. The molecule has 1 N–H and O–H groups in total. The van der Waals surface area contributed by atoms with Crippen molar-refractivity contribution in [3.05, 3.63) is 65.2 Å². The van der Waals surface area contributed by atoms with E-state index < -0.39 is 11.6 Å². The maximum atomic E-state index is 13.8. The molecule has 1 amide bonds. The van der Waals surface area contributed by atoms with E-state index in [4.69, 9.17) is 5.26 Å². The number of nitrogens with one attached hydrogen (secondary N) is 1. The van der Waals surface area contributed by atoms with Crippen molar-refractivity contribution in [2.24, 2.45) is 0 Å². The molecule has 0 aromatic heterocycles. The summed E-state index contributed by atoms with van der Waals surface area (Å²) in [6.07, 6.45) is 0.934. The predicted octanol–water partition coefficient (Wildman–Crippen LogP) is 2.77. The second-order valence-corrected chi connectivity index (χ2v) is 6.08. The van der Waals surface area contributed by atoms with Crippen LogP contribution in [0.5, 0.6) is 0 Å². The standard InChI is InChI=1S/C19H17F2N3O/c20-15-5-6-18(17(21)10-15)24-8-7-16(12-24)23-19(25)9-13-1-3-14(11-22)4-2-13/h1-6,10,16H,7-9,12H2,(H,23,25). The number of nitriles is 1. The average molecular weight is 341 g/mol. The Hall–Kier alpha value is -2.94. The molecule has 1 fully saturated rings. The van der Waals surface area contributed by atoms with Gasteiger partial charge in [0.05, 0.1) is 23.7 Å². The molecule has 6 heteroatoms. The second-order valence-electron chi connectivity index (χ2n) is 6.08. The van der Waals surface area contributed by atoms with Gasteiger partial charge in [0.1, 0.15) is 11.6 Å². The lowest BCUT2D eigenvalue weighted by molar-refractivity contribution is -0.121. The lowest BCUT2D eigenvalue weighted by Gasteiger charge is -2.19. The smallest absolute Gasteiger partial charge is 0.224 e. The van der Waals surface area contributed by atoms with Crippen LogP contribution in [0.2, 0.25) is 0 Å². The third kappa shape index (κ3) is 4.13. The minimum absolute atomic E-state index is 0.0738. The number of hydrogen-bond acceptors (Lipinski definition) is 3. The number of halogens is 2. The molecular formula is C19H17F2N3O. The van der Waals surface area contributed by atoms with Crippen LogP contribution in [0.1, 0.15) is 17.5 Å². The molecule has 1 aliphatic heterocycles. The number of nitrogens with zero attached hydrogens (tertiary/aromatic N) is 2. The number of benzene rings is 2. The van der Waals surface area contributed by atoms with Crippen molar-refractivity contribution < 1.29 is 13.6 Å². The summed E-state index contributed by atoms with van der Waals surface area (Å²) in [4.78, 5) is 14.0. The minimum atomic E-state index is -0.604. The zero-order valence-electron chi connectivity index (χ0n) is 13.5. The Morgan fingerprint density at radius 2 is 2.00 bits per heavy atom. The summed E-state index contributed by atoms with van der Waals surface area (Å²) in [5, 5.41) is 11.7. The molecule has 1 heterocycles. The Kier molecular flexibility index (Phi) is 4.94. The van der Waals surface area contributed by atoms with Crippen LogP contribution in [-0.2, 0) is 11.2 Å². The minimum Gasteiger partial charge on any atom is -0.367 e. The van der Waals surface area contributed by atoms with Gasteiger partial charge in [-0.1, -0.05) is 12.1 Å². The molecule has 2 aromatic carbocycles. The SMILES string of the molecule is N#Cc1ccc(CC(=O)NC2CCN(c3ccc(F)cc3F)C2)cc1. The quantitative estimate of drug-likeness (QED) is 0.930. The number of amides is 1. The first-order chi connectivity index (χ1) is 12.0. The van der Waals surface area contributed by atoms with Gasteiger partial charge in [0.25, 0.3) is 0 Å². The summed E-state index contributed by atoms with van der Waals surface area (Å²) in [7, 11) is 0. The maximum absolute atomic E-state index is 13.8. The molecule has 0 bridgehead atoms. The monoisotopic (exact) mass is 341 g/mol. The van der Waals surface area contributed by atoms with Gasteiger partial charge >= 0.3 is 0 Å². The zero-order valence-corrected chi connectivity index (χ0v) is 13.5. The van der Waals surface area contributed by atoms with E-state index in [1.54, 1.807) is 29.2 Å². The van der Waals surface area contributed by atoms with Gasteiger partial charge in [0.2, 0.25) is 5.91 Å². The molecule has 1 saturated heterocycles. The summed E-state index contributed by atoms with van der Waals surface area (Å²) in [5.41, 5.74) is 1.73. The molecule has 3 rings (SSSR count). The van der Waals surface area contributed by atoms with Crippen molar-refractivity contribution in [2.75, 3.05) is 18.0 Å². The van der Waals surface area contributed by atoms with Crippen molar-refractivity contribution in [3.8, 4) is 6.07 Å². The Morgan fingerprint density at radius 3 is 2.68 bits per heavy atom. The third-order valence-electron chi connectivity index (χ3n) is 4.25. The highest BCUT2D eigenvalue weighted by Gasteiger charge is 2.25. The van der Waals surface area contributed by atoms with Crippen LogP contribution >= 0.6 is 0 Å². The van der Waals surface area contributed by atoms with Crippen molar-refractivity contribution >= 4 is 11.6 Å². The lowest BCUT2D eigenvalue weighted by atomic mass is 10.1. The van der Waals surface area contributed by atoms with Crippen molar-refractivity contribution in [3.63, 3.8) is 0 Å². The summed E-state index contributed by atoms with van der Waals surface area (Å²) in [6, 6.07) is 12.4. The van der Waals surface area contributed by atoms with E-state index in [-0.39, 0.29) is 18.4 Å². The van der Waals surface area contributed by atoms with E-state index in [0.717, 1.165) is 11.6 Å². The Balaban J connectivity index is 1.55. The van der Waals surface area contributed by atoms with Crippen LogP contribution in [-0.4, -0.2) is 25.0 Å². The summed E-state index contributed by atoms with van der Waals surface area (Å²) >= 11 is 0. The number of carbonyl (C=O) groups is 1. The molecule has 0 aliphatic carbocycles. The van der Waals surface area contributed by atoms with Crippen LogP contribution in [0.25, 0.3) is 0 Å². The number of carbonyl (C=O) groups excluding carboxylic acids is 1. The topological polar surface area (TPSA) is 56.1 Å². The van der Waals surface area contributed by atoms with Crippen LogP contribution in [0.4, 0.5) is 14.5 Å². The fourth-order valence-electron chi connectivity index (χ4n) is 3.00. The van der Waals surface area contributed by atoms with Gasteiger partial charge in [-0.05, 0) is 36.2 Å². The van der Waals surface area contributed by atoms with Crippen LogP contribution in [0, 0.1) is 23.0 Å². The largest absolute Gasteiger partial charge is 0.367 e. The van der Waals surface area contributed by atoms with E-state index in [2.05, 4.69) is 5.32 Å². The highest BCUT2D eigenvalue weighted by Crippen LogP contribution is 2.24. The number of hydrogen-bond donors (Lipinski definition) is 1. The zero-order chi connectivity index (χ0) is 17.8. The van der Waals surface area contributed by atoms with E-state index in [9.17, 15) is 13.6 Å². The molecule has 0 saturated carbocycles. The molecule has 2 aromatic rings. The van der Waals surface area contributed by atoms with Gasteiger partial charge < -0.3 is 10.2 Å². The first-order valence-electron chi connectivity index (χ1n) is 8.03. The van der Waals surface area contributed by atoms with Crippen LogP contribution < -0.4 is 10.2 Å². The van der Waals surface area contributed by atoms with Gasteiger partial charge in [0.15, 0.2) is 0 Å². The number of rotatable bonds is 4. The summed E-state index contributed by atoms with van der Waals surface area (Å²) in [6.45, 7) is 1.09. The molecule has 0 spiro atoms.